The second-order valence-electron chi connectivity index (χ2n) is 4.91. The van der Waals surface area contributed by atoms with Crippen molar-refractivity contribution in [1.29, 1.82) is 0 Å². The zero-order chi connectivity index (χ0) is 13.7. The predicted molar refractivity (Wildman–Crippen MR) is 75.0 cm³/mol. The summed E-state index contributed by atoms with van der Waals surface area (Å²) in [7, 11) is 0. The number of carbonyl (C=O) groups excluding carboxylic acids is 2. The molecule has 1 saturated heterocycles. The zero-order valence-electron chi connectivity index (χ0n) is 11.2. The quantitative estimate of drug-likeness (QED) is 0.631. The molecule has 0 spiro atoms. The maximum atomic E-state index is 11.8. The van der Waals surface area contributed by atoms with Gasteiger partial charge in [0.1, 0.15) is 0 Å². The van der Waals surface area contributed by atoms with Crippen LogP contribution in [-0.2, 0) is 9.59 Å². The van der Waals surface area contributed by atoms with Gasteiger partial charge in [0.15, 0.2) is 0 Å². The smallest absolute Gasteiger partial charge is 0.234 e. The number of imide groups is 1. The minimum Gasteiger partial charge on any atom is -0.385 e. The summed E-state index contributed by atoms with van der Waals surface area (Å²) in [5.74, 6) is -0.550. The molecule has 1 aliphatic heterocycles. The predicted octanol–water partition coefficient (Wildman–Crippen LogP) is 2.42. The molecule has 1 aromatic rings. The van der Waals surface area contributed by atoms with E-state index in [4.69, 9.17) is 0 Å². The average Bonchev–Trinajstić information content (AvgIpc) is 2.39. The highest BCUT2D eigenvalue weighted by Gasteiger charge is 2.27. The summed E-state index contributed by atoms with van der Waals surface area (Å²) in [6.07, 6.45) is 3.30. The number of rotatable bonds is 5. The molecule has 102 valence electrons. The summed E-state index contributed by atoms with van der Waals surface area (Å²) in [6.45, 7) is 3.09. The van der Waals surface area contributed by atoms with Crippen LogP contribution in [0.1, 0.15) is 44.1 Å². The van der Waals surface area contributed by atoms with Crippen molar-refractivity contribution in [2.75, 3.05) is 11.9 Å². The van der Waals surface area contributed by atoms with E-state index in [0.29, 0.717) is 12.8 Å². The van der Waals surface area contributed by atoms with E-state index in [2.05, 4.69) is 17.6 Å². The van der Waals surface area contributed by atoms with Crippen LogP contribution in [0.15, 0.2) is 24.3 Å². The fourth-order valence-electron chi connectivity index (χ4n) is 2.29. The lowest BCUT2D eigenvalue weighted by atomic mass is 9.90. The molecule has 0 saturated carbocycles. The van der Waals surface area contributed by atoms with Gasteiger partial charge < -0.3 is 5.32 Å². The van der Waals surface area contributed by atoms with E-state index in [1.807, 2.05) is 24.3 Å². The Bertz CT molecular complexity index is 471. The second kappa shape index (κ2) is 6.36. The SMILES string of the molecule is CCCCNc1cccc(C2CCC(=O)NC2=O)c1. The van der Waals surface area contributed by atoms with Gasteiger partial charge in [-0.15, -0.1) is 0 Å². The lowest BCUT2D eigenvalue weighted by molar-refractivity contribution is -0.134. The molecule has 0 radical (unpaired) electrons. The Balaban J connectivity index is 2.05. The molecule has 0 aliphatic carbocycles. The second-order valence-corrected chi connectivity index (χ2v) is 4.91. The van der Waals surface area contributed by atoms with Crippen LogP contribution in [-0.4, -0.2) is 18.4 Å². The number of anilines is 1. The van der Waals surface area contributed by atoms with E-state index in [0.717, 1.165) is 30.6 Å². The number of carbonyl (C=O) groups is 2. The van der Waals surface area contributed by atoms with Crippen molar-refractivity contribution in [3.63, 3.8) is 0 Å². The Morgan fingerprint density at radius 1 is 1.37 bits per heavy atom. The van der Waals surface area contributed by atoms with Crippen molar-refractivity contribution in [3.8, 4) is 0 Å². The first kappa shape index (κ1) is 13.6. The molecular formula is C15H20N2O2. The highest BCUT2D eigenvalue weighted by Crippen LogP contribution is 2.26. The number of hydrogen-bond donors (Lipinski definition) is 2. The third-order valence-corrected chi connectivity index (χ3v) is 3.39. The lowest BCUT2D eigenvalue weighted by Gasteiger charge is -2.21. The van der Waals surface area contributed by atoms with E-state index < -0.39 is 0 Å². The first-order valence-electron chi connectivity index (χ1n) is 6.88. The van der Waals surface area contributed by atoms with E-state index >= 15 is 0 Å². The average molecular weight is 260 g/mol. The molecule has 0 bridgehead atoms. The van der Waals surface area contributed by atoms with E-state index in [1.54, 1.807) is 0 Å². The van der Waals surface area contributed by atoms with Crippen LogP contribution in [0.25, 0.3) is 0 Å². The van der Waals surface area contributed by atoms with Crippen molar-refractivity contribution in [2.24, 2.45) is 0 Å². The van der Waals surface area contributed by atoms with Gasteiger partial charge in [-0.2, -0.15) is 0 Å². The van der Waals surface area contributed by atoms with Crippen molar-refractivity contribution >= 4 is 17.5 Å². The third kappa shape index (κ3) is 3.56. The van der Waals surface area contributed by atoms with Crippen LogP contribution < -0.4 is 10.6 Å². The minimum absolute atomic E-state index is 0.168. The van der Waals surface area contributed by atoms with Crippen LogP contribution in [0.5, 0.6) is 0 Å². The van der Waals surface area contributed by atoms with Crippen LogP contribution in [0, 0.1) is 0 Å². The van der Waals surface area contributed by atoms with Crippen molar-refractivity contribution in [3.05, 3.63) is 29.8 Å². The van der Waals surface area contributed by atoms with Crippen molar-refractivity contribution in [2.45, 2.75) is 38.5 Å². The monoisotopic (exact) mass is 260 g/mol. The Kier molecular flexibility index (Phi) is 4.55. The maximum Gasteiger partial charge on any atom is 0.234 e. The molecule has 2 rings (SSSR count). The fourth-order valence-corrected chi connectivity index (χ4v) is 2.29. The number of unbranched alkanes of at least 4 members (excludes halogenated alkanes) is 1. The van der Waals surface area contributed by atoms with Crippen LogP contribution in [0.3, 0.4) is 0 Å². The van der Waals surface area contributed by atoms with Gasteiger partial charge in [-0.05, 0) is 30.5 Å². The van der Waals surface area contributed by atoms with Gasteiger partial charge in [-0.1, -0.05) is 25.5 Å². The first-order chi connectivity index (χ1) is 9.20. The van der Waals surface area contributed by atoms with Gasteiger partial charge in [0.05, 0.1) is 5.92 Å². The molecule has 1 aliphatic rings. The molecular weight excluding hydrogens is 240 g/mol. The summed E-state index contributed by atoms with van der Waals surface area (Å²) in [5, 5.41) is 5.75. The molecule has 1 aromatic carbocycles. The molecule has 2 amide bonds. The summed E-state index contributed by atoms with van der Waals surface area (Å²) < 4.78 is 0. The number of hydrogen-bond acceptors (Lipinski definition) is 3. The van der Waals surface area contributed by atoms with Crippen LogP contribution >= 0.6 is 0 Å². The largest absolute Gasteiger partial charge is 0.385 e. The van der Waals surface area contributed by atoms with Gasteiger partial charge in [-0.3, -0.25) is 14.9 Å². The van der Waals surface area contributed by atoms with Crippen molar-refractivity contribution in [1.82, 2.24) is 5.32 Å². The molecule has 1 unspecified atom stereocenters. The molecule has 1 atom stereocenters. The van der Waals surface area contributed by atoms with Crippen LogP contribution in [0.2, 0.25) is 0 Å². The van der Waals surface area contributed by atoms with Gasteiger partial charge >= 0.3 is 0 Å². The lowest BCUT2D eigenvalue weighted by Crippen LogP contribution is -2.39. The van der Waals surface area contributed by atoms with E-state index in [9.17, 15) is 9.59 Å². The fraction of sp³-hybridized carbons (Fsp3) is 0.467. The summed E-state index contributed by atoms with van der Waals surface area (Å²) in [4.78, 5) is 23.0. The topological polar surface area (TPSA) is 58.2 Å². The summed E-state index contributed by atoms with van der Waals surface area (Å²) in [6, 6.07) is 7.92. The number of amides is 2. The van der Waals surface area contributed by atoms with Crippen LogP contribution in [0.4, 0.5) is 5.69 Å². The molecule has 0 aromatic heterocycles. The molecule has 1 fully saturated rings. The number of piperidine rings is 1. The third-order valence-electron chi connectivity index (χ3n) is 3.39. The number of benzene rings is 1. The van der Waals surface area contributed by atoms with Gasteiger partial charge in [0, 0.05) is 18.7 Å². The van der Waals surface area contributed by atoms with Gasteiger partial charge in [-0.25, -0.2) is 0 Å². The number of nitrogens with one attached hydrogen (secondary N) is 2. The van der Waals surface area contributed by atoms with Crippen molar-refractivity contribution < 1.29 is 9.59 Å². The highest BCUT2D eigenvalue weighted by atomic mass is 16.2. The summed E-state index contributed by atoms with van der Waals surface area (Å²) in [5.41, 5.74) is 2.02. The Morgan fingerprint density at radius 3 is 2.95 bits per heavy atom. The molecule has 1 heterocycles. The molecule has 19 heavy (non-hydrogen) atoms. The summed E-state index contributed by atoms with van der Waals surface area (Å²) >= 11 is 0. The molecule has 2 N–H and O–H groups in total. The Morgan fingerprint density at radius 2 is 2.21 bits per heavy atom. The van der Waals surface area contributed by atoms with E-state index in [-0.39, 0.29) is 17.7 Å². The van der Waals surface area contributed by atoms with E-state index in [1.165, 1.54) is 0 Å². The van der Waals surface area contributed by atoms with Gasteiger partial charge in [0.25, 0.3) is 0 Å². The maximum absolute atomic E-state index is 11.8. The molecule has 4 nitrogen and oxygen atoms in total. The van der Waals surface area contributed by atoms with Gasteiger partial charge in [0.2, 0.25) is 11.8 Å². The first-order valence-corrected chi connectivity index (χ1v) is 6.88. The Labute approximate surface area is 113 Å². The highest BCUT2D eigenvalue weighted by molar-refractivity contribution is 6.01. The standard InChI is InChI=1S/C15H20N2O2/c1-2-3-9-16-12-6-4-5-11(10-12)13-7-8-14(18)17-15(13)19/h4-6,10,13,16H,2-3,7-9H2,1H3,(H,17,18,19). The minimum atomic E-state index is -0.203. The normalized spacial score (nSPS) is 19.1. The Hall–Kier alpha value is -1.84. The zero-order valence-corrected chi connectivity index (χ0v) is 11.2. The molecule has 4 heteroatoms.